The molecule has 1 aromatic rings. The van der Waals surface area contributed by atoms with Gasteiger partial charge in [0.25, 0.3) is 0 Å². The Hall–Kier alpha value is -1.82. The van der Waals surface area contributed by atoms with Gasteiger partial charge < -0.3 is 19.5 Å². The van der Waals surface area contributed by atoms with Crippen LogP contribution in [0.2, 0.25) is 0 Å². The highest BCUT2D eigenvalue weighted by atomic mass is 19.1. The molecule has 21 heavy (non-hydrogen) atoms. The summed E-state index contributed by atoms with van der Waals surface area (Å²) in [7, 11) is 1.60. The number of rotatable bonds is 4. The molecule has 2 unspecified atom stereocenters. The van der Waals surface area contributed by atoms with E-state index in [1.807, 2.05) is 24.3 Å². The van der Waals surface area contributed by atoms with Crippen LogP contribution in [-0.2, 0) is 11.3 Å². The summed E-state index contributed by atoms with van der Waals surface area (Å²) in [6, 6.07) is 7.48. The Labute approximate surface area is 123 Å². The first-order chi connectivity index (χ1) is 10.1. The van der Waals surface area contributed by atoms with E-state index in [-0.39, 0.29) is 19.1 Å². The molecule has 6 heteroatoms. The van der Waals surface area contributed by atoms with Gasteiger partial charge in [-0.2, -0.15) is 0 Å². The number of ether oxygens (including phenoxy) is 2. The van der Waals surface area contributed by atoms with Crippen LogP contribution < -0.4 is 4.74 Å². The number of halogens is 1. The summed E-state index contributed by atoms with van der Waals surface area (Å²) in [4.78, 5) is 12.0. The molecule has 2 atom stereocenters. The normalized spacial score (nSPS) is 22.7. The zero-order chi connectivity index (χ0) is 15.2. The van der Waals surface area contributed by atoms with Crippen molar-refractivity contribution in [1.29, 1.82) is 0 Å². The number of likely N-dealkylation sites (tertiary alicyclic amines) is 1. The molecule has 1 saturated heterocycles. The minimum Gasteiger partial charge on any atom is -0.497 e. The van der Waals surface area contributed by atoms with Gasteiger partial charge in [0.15, 0.2) is 0 Å². The van der Waals surface area contributed by atoms with Crippen molar-refractivity contribution in [1.82, 2.24) is 4.90 Å². The number of hydrogen-bond donors (Lipinski definition) is 1. The molecular formula is C15H20FNO4. The fourth-order valence-corrected chi connectivity index (χ4v) is 2.37. The SMILES string of the molecule is COc1ccc(COC2CCN(C(=O)O)CC(F)C2)cc1. The first-order valence-corrected chi connectivity index (χ1v) is 6.95. The highest BCUT2D eigenvalue weighted by Crippen LogP contribution is 2.19. The maximum atomic E-state index is 13.7. The number of hydrogen-bond acceptors (Lipinski definition) is 3. The summed E-state index contributed by atoms with van der Waals surface area (Å²) in [6.45, 7) is 0.620. The van der Waals surface area contributed by atoms with Gasteiger partial charge in [-0.1, -0.05) is 12.1 Å². The maximum Gasteiger partial charge on any atom is 0.407 e. The van der Waals surface area contributed by atoms with E-state index in [0.29, 0.717) is 19.6 Å². The number of carbonyl (C=O) groups is 1. The van der Waals surface area contributed by atoms with Crippen molar-refractivity contribution >= 4 is 6.09 Å². The lowest BCUT2D eigenvalue weighted by Crippen LogP contribution is -2.33. The highest BCUT2D eigenvalue weighted by molar-refractivity contribution is 5.65. The van der Waals surface area contributed by atoms with Crippen LogP contribution in [0, 0.1) is 0 Å². The molecule has 1 aliphatic rings. The molecule has 1 aromatic carbocycles. The Morgan fingerprint density at radius 2 is 2.14 bits per heavy atom. The number of alkyl halides is 1. The second-order valence-electron chi connectivity index (χ2n) is 5.13. The van der Waals surface area contributed by atoms with Crippen LogP contribution in [0.4, 0.5) is 9.18 Å². The standard InChI is InChI=1S/C15H20FNO4/c1-20-13-4-2-11(3-5-13)10-21-14-6-7-17(15(18)19)9-12(16)8-14/h2-5,12,14H,6-10H2,1H3,(H,18,19). The molecule has 1 fully saturated rings. The lowest BCUT2D eigenvalue weighted by atomic mass is 10.1. The average Bonchev–Trinajstić information content (AvgIpc) is 2.67. The van der Waals surface area contributed by atoms with Crippen molar-refractivity contribution < 1.29 is 23.8 Å². The van der Waals surface area contributed by atoms with Gasteiger partial charge in [-0.3, -0.25) is 0 Å². The first kappa shape index (κ1) is 15.6. The third-order valence-corrected chi connectivity index (χ3v) is 3.57. The van der Waals surface area contributed by atoms with Crippen LogP contribution in [0.3, 0.4) is 0 Å². The van der Waals surface area contributed by atoms with Crippen LogP contribution in [-0.4, -0.2) is 48.6 Å². The van der Waals surface area contributed by atoms with Gasteiger partial charge in [-0.05, 0) is 24.1 Å². The third kappa shape index (κ3) is 4.60. The van der Waals surface area contributed by atoms with Crippen LogP contribution >= 0.6 is 0 Å². The summed E-state index contributed by atoms with van der Waals surface area (Å²) < 4.78 is 24.5. The Balaban J connectivity index is 1.86. The molecule has 116 valence electrons. The number of carboxylic acid groups (broad SMARTS) is 1. The van der Waals surface area contributed by atoms with Crippen LogP contribution in [0.1, 0.15) is 18.4 Å². The molecule has 0 aromatic heterocycles. The number of benzene rings is 1. The molecule has 5 nitrogen and oxygen atoms in total. The molecule has 1 aliphatic heterocycles. The zero-order valence-electron chi connectivity index (χ0n) is 12.0. The fourth-order valence-electron chi connectivity index (χ4n) is 2.37. The quantitative estimate of drug-likeness (QED) is 0.928. The average molecular weight is 297 g/mol. The third-order valence-electron chi connectivity index (χ3n) is 3.57. The molecule has 0 spiro atoms. The predicted octanol–water partition coefficient (Wildman–Crippen LogP) is 2.69. The van der Waals surface area contributed by atoms with Crippen molar-refractivity contribution in [2.45, 2.75) is 31.7 Å². The Bertz CT molecular complexity index is 465. The smallest absolute Gasteiger partial charge is 0.407 e. The highest BCUT2D eigenvalue weighted by Gasteiger charge is 2.27. The Kier molecular flexibility index (Phi) is 5.38. The van der Waals surface area contributed by atoms with Crippen molar-refractivity contribution in [3.63, 3.8) is 0 Å². The van der Waals surface area contributed by atoms with Crippen molar-refractivity contribution in [3.8, 4) is 5.75 Å². The van der Waals surface area contributed by atoms with Gasteiger partial charge in [0.05, 0.1) is 26.4 Å². The van der Waals surface area contributed by atoms with E-state index in [9.17, 15) is 9.18 Å². The van der Waals surface area contributed by atoms with E-state index >= 15 is 0 Å². The van der Waals surface area contributed by atoms with Crippen molar-refractivity contribution in [2.75, 3.05) is 20.2 Å². The molecule has 2 rings (SSSR count). The first-order valence-electron chi connectivity index (χ1n) is 6.95. The second-order valence-corrected chi connectivity index (χ2v) is 5.13. The molecule has 0 bridgehead atoms. The summed E-state index contributed by atoms with van der Waals surface area (Å²) >= 11 is 0. The second kappa shape index (κ2) is 7.26. The van der Waals surface area contributed by atoms with Gasteiger partial charge in [-0.25, -0.2) is 9.18 Å². The molecule has 1 N–H and O–H groups in total. The van der Waals surface area contributed by atoms with Crippen LogP contribution in [0.25, 0.3) is 0 Å². The summed E-state index contributed by atoms with van der Waals surface area (Å²) in [5.41, 5.74) is 0.977. The number of methoxy groups -OCH3 is 1. The molecule has 0 aliphatic carbocycles. The Morgan fingerprint density at radius 3 is 2.76 bits per heavy atom. The lowest BCUT2D eigenvalue weighted by Gasteiger charge is -2.17. The van der Waals surface area contributed by atoms with Crippen LogP contribution in [0.15, 0.2) is 24.3 Å². The Morgan fingerprint density at radius 1 is 1.43 bits per heavy atom. The van der Waals surface area contributed by atoms with E-state index in [1.54, 1.807) is 7.11 Å². The monoisotopic (exact) mass is 297 g/mol. The number of nitrogens with zero attached hydrogens (tertiary/aromatic N) is 1. The van der Waals surface area contributed by atoms with E-state index < -0.39 is 12.3 Å². The molecule has 0 radical (unpaired) electrons. The van der Waals surface area contributed by atoms with Gasteiger partial charge in [0.1, 0.15) is 11.9 Å². The predicted molar refractivity (Wildman–Crippen MR) is 75.3 cm³/mol. The van der Waals surface area contributed by atoms with Gasteiger partial charge >= 0.3 is 6.09 Å². The van der Waals surface area contributed by atoms with Gasteiger partial charge in [0.2, 0.25) is 0 Å². The molecule has 1 amide bonds. The molecule has 0 saturated carbocycles. The van der Waals surface area contributed by atoms with E-state index in [1.165, 1.54) is 0 Å². The fraction of sp³-hybridized carbons (Fsp3) is 0.533. The van der Waals surface area contributed by atoms with E-state index in [4.69, 9.17) is 14.6 Å². The largest absolute Gasteiger partial charge is 0.497 e. The van der Waals surface area contributed by atoms with Crippen LogP contribution in [0.5, 0.6) is 5.75 Å². The topological polar surface area (TPSA) is 59.0 Å². The van der Waals surface area contributed by atoms with E-state index in [2.05, 4.69) is 0 Å². The van der Waals surface area contributed by atoms with Crippen molar-refractivity contribution in [2.24, 2.45) is 0 Å². The summed E-state index contributed by atoms with van der Waals surface area (Å²) in [6.07, 6.45) is -1.76. The maximum absolute atomic E-state index is 13.7. The lowest BCUT2D eigenvalue weighted by molar-refractivity contribution is 0.0216. The van der Waals surface area contributed by atoms with Gasteiger partial charge in [-0.15, -0.1) is 0 Å². The summed E-state index contributed by atoms with van der Waals surface area (Å²) in [5.74, 6) is 0.772. The molecular weight excluding hydrogens is 277 g/mol. The van der Waals surface area contributed by atoms with Gasteiger partial charge in [0, 0.05) is 13.0 Å². The summed E-state index contributed by atoms with van der Waals surface area (Å²) in [5, 5.41) is 8.93. The minimum absolute atomic E-state index is 0.0717. The number of amides is 1. The molecule has 1 heterocycles. The van der Waals surface area contributed by atoms with Crippen molar-refractivity contribution in [3.05, 3.63) is 29.8 Å². The minimum atomic E-state index is -1.18. The van der Waals surface area contributed by atoms with E-state index in [0.717, 1.165) is 16.2 Å². The zero-order valence-corrected chi connectivity index (χ0v) is 12.0.